The van der Waals surface area contributed by atoms with Gasteiger partial charge in [-0.2, -0.15) is 13.2 Å². The zero-order chi connectivity index (χ0) is 28.4. The number of benzene rings is 1. The number of carbonyl (C=O) groups excluding carboxylic acids is 1. The van der Waals surface area contributed by atoms with Crippen molar-refractivity contribution in [3.8, 4) is 11.3 Å². The number of fused-ring (bicyclic) bond motifs is 1. The fourth-order valence-electron chi connectivity index (χ4n) is 5.52. The van der Waals surface area contributed by atoms with E-state index in [4.69, 9.17) is 4.98 Å². The highest BCUT2D eigenvalue weighted by Gasteiger charge is 2.34. The number of alkyl halides is 3. The number of aromatic amines is 1. The molecule has 3 aromatic heterocycles. The molecule has 0 radical (unpaired) electrons. The highest BCUT2D eigenvalue weighted by Crippen LogP contribution is 2.26. The summed E-state index contributed by atoms with van der Waals surface area (Å²) in [5.74, 6) is 0.907. The lowest BCUT2D eigenvalue weighted by atomic mass is 10.1. The first-order chi connectivity index (χ1) is 19.8. The monoisotopic (exact) mass is 564 g/mol. The number of rotatable bonds is 7. The molecule has 1 aromatic carbocycles. The molecule has 0 saturated carbocycles. The normalized spacial score (nSPS) is 16.6. The van der Waals surface area contributed by atoms with Crippen LogP contribution in [0.25, 0.3) is 22.3 Å². The van der Waals surface area contributed by atoms with E-state index < -0.39 is 18.5 Å². The molecular formula is C29H31F3N8O. The summed E-state index contributed by atoms with van der Waals surface area (Å²) >= 11 is 0. The maximum Gasteiger partial charge on any atom is 0.397 e. The summed E-state index contributed by atoms with van der Waals surface area (Å²) in [7, 11) is 0. The molecule has 0 unspecified atom stereocenters. The van der Waals surface area contributed by atoms with Gasteiger partial charge in [-0.15, -0.1) is 0 Å². The van der Waals surface area contributed by atoms with Crippen molar-refractivity contribution in [3.63, 3.8) is 0 Å². The van der Waals surface area contributed by atoms with Crippen molar-refractivity contribution in [2.75, 3.05) is 44.2 Å². The minimum atomic E-state index is -4.47. The maximum atomic E-state index is 12.6. The second-order valence-corrected chi connectivity index (χ2v) is 10.7. The standard InChI is InChI=1S/C29H31F3N8O/c30-29(31,32)17-28(41)40-11-9-38(10-12-40)18-20-5-6-33-22(13-20)15-26-36-23-4-3-21(14-25(23)37-26)24-16-27(35-19-34-24)39-7-1-2-8-39/h3-6,13-14,16,19H,1-2,7-12,15,17-18H2,(H,36,37). The van der Waals surface area contributed by atoms with Gasteiger partial charge in [0.15, 0.2) is 0 Å². The molecule has 12 heteroatoms. The van der Waals surface area contributed by atoms with E-state index in [9.17, 15) is 18.0 Å². The number of nitrogens with one attached hydrogen (secondary N) is 1. The van der Waals surface area contributed by atoms with E-state index in [0.717, 1.165) is 58.3 Å². The Morgan fingerprint density at radius 1 is 0.927 bits per heavy atom. The summed E-state index contributed by atoms with van der Waals surface area (Å²) in [6.45, 7) is 4.33. The number of carbonyl (C=O) groups is 1. The lowest BCUT2D eigenvalue weighted by Crippen LogP contribution is -2.49. The van der Waals surface area contributed by atoms with Crippen molar-refractivity contribution >= 4 is 22.8 Å². The molecule has 4 aromatic rings. The number of hydrogen-bond acceptors (Lipinski definition) is 7. The van der Waals surface area contributed by atoms with Crippen LogP contribution in [0.1, 0.15) is 36.3 Å². The van der Waals surface area contributed by atoms with Gasteiger partial charge in [-0.05, 0) is 42.7 Å². The van der Waals surface area contributed by atoms with E-state index in [-0.39, 0.29) is 0 Å². The lowest BCUT2D eigenvalue weighted by Gasteiger charge is -2.35. The first kappa shape index (κ1) is 27.1. The summed E-state index contributed by atoms with van der Waals surface area (Å²) in [5, 5.41) is 0. The average molecular weight is 565 g/mol. The molecule has 1 amide bonds. The number of amides is 1. The van der Waals surface area contributed by atoms with Gasteiger partial charge in [0.1, 0.15) is 24.4 Å². The number of hydrogen-bond donors (Lipinski definition) is 1. The molecule has 5 heterocycles. The number of pyridine rings is 1. The van der Waals surface area contributed by atoms with Crippen molar-refractivity contribution in [2.24, 2.45) is 0 Å². The van der Waals surface area contributed by atoms with Crippen molar-refractivity contribution in [2.45, 2.75) is 38.4 Å². The van der Waals surface area contributed by atoms with E-state index in [2.05, 4.69) is 35.8 Å². The largest absolute Gasteiger partial charge is 0.397 e. The third kappa shape index (κ3) is 6.64. The predicted octanol–water partition coefficient (Wildman–Crippen LogP) is 4.20. The molecule has 41 heavy (non-hydrogen) atoms. The fourth-order valence-corrected chi connectivity index (χ4v) is 5.52. The highest BCUT2D eigenvalue weighted by atomic mass is 19.4. The number of anilines is 1. The molecule has 6 rings (SSSR count). The summed E-state index contributed by atoms with van der Waals surface area (Å²) in [6, 6.07) is 12.1. The van der Waals surface area contributed by atoms with Crippen LogP contribution in [0.2, 0.25) is 0 Å². The van der Waals surface area contributed by atoms with Crippen LogP contribution < -0.4 is 4.90 Å². The molecule has 2 aliphatic heterocycles. The van der Waals surface area contributed by atoms with E-state index in [1.807, 2.05) is 30.3 Å². The Balaban J connectivity index is 1.09. The minimum Gasteiger partial charge on any atom is -0.357 e. The van der Waals surface area contributed by atoms with Crippen molar-refractivity contribution in [3.05, 3.63) is 66.0 Å². The predicted molar refractivity (Wildman–Crippen MR) is 148 cm³/mol. The molecule has 0 bridgehead atoms. The van der Waals surface area contributed by atoms with Crippen LogP contribution in [0, 0.1) is 0 Å². The average Bonchev–Trinajstić information content (AvgIpc) is 3.63. The molecule has 2 saturated heterocycles. The zero-order valence-electron chi connectivity index (χ0n) is 22.6. The minimum absolute atomic E-state index is 0.294. The second-order valence-electron chi connectivity index (χ2n) is 10.7. The second kappa shape index (κ2) is 11.4. The van der Waals surface area contributed by atoms with Crippen LogP contribution in [0.4, 0.5) is 19.0 Å². The van der Waals surface area contributed by atoms with Gasteiger partial charge < -0.3 is 14.8 Å². The summed E-state index contributed by atoms with van der Waals surface area (Å²) in [4.78, 5) is 39.3. The third-order valence-corrected chi connectivity index (χ3v) is 7.62. The molecule has 0 spiro atoms. The first-order valence-corrected chi connectivity index (χ1v) is 13.9. The number of imidazole rings is 1. The number of piperazine rings is 1. The summed E-state index contributed by atoms with van der Waals surface area (Å²) in [5.41, 5.74) is 5.59. The zero-order valence-corrected chi connectivity index (χ0v) is 22.6. The first-order valence-electron chi connectivity index (χ1n) is 13.9. The fraction of sp³-hybridized carbons (Fsp3) is 0.414. The van der Waals surface area contributed by atoms with Crippen LogP contribution in [-0.2, 0) is 17.8 Å². The highest BCUT2D eigenvalue weighted by molar-refractivity contribution is 5.81. The third-order valence-electron chi connectivity index (χ3n) is 7.62. The van der Waals surface area contributed by atoms with Crippen LogP contribution in [0.3, 0.4) is 0 Å². The van der Waals surface area contributed by atoms with Gasteiger partial charge in [0.05, 0.1) is 16.7 Å². The van der Waals surface area contributed by atoms with Crippen LogP contribution in [-0.4, -0.2) is 86.1 Å². The van der Waals surface area contributed by atoms with Gasteiger partial charge in [-0.25, -0.2) is 15.0 Å². The van der Waals surface area contributed by atoms with Gasteiger partial charge in [-0.1, -0.05) is 6.07 Å². The Labute approximate surface area is 235 Å². The quantitative estimate of drug-likeness (QED) is 0.360. The molecule has 9 nitrogen and oxygen atoms in total. The Bertz CT molecular complexity index is 1520. The van der Waals surface area contributed by atoms with Gasteiger partial charge in [-0.3, -0.25) is 14.7 Å². The van der Waals surface area contributed by atoms with Gasteiger partial charge >= 0.3 is 6.18 Å². The Morgan fingerprint density at radius 2 is 1.73 bits per heavy atom. The SMILES string of the molecule is O=C(CC(F)(F)F)N1CCN(Cc2ccnc(Cc3nc4ccc(-c5cc(N6CCCC6)ncn5)cc4[nH]3)c2)CC1. The Morgan fingerprint density at radius 3 is 2.51 bits per heavy atom. The maximum absolute atomic E-state index is 12.6. The van der Waals surface area contributed by atoms with Gasteiger partial charge in [0.25, 0.3) is 0 Å². The number of aromatic nitrogens is 5. The molecule has 1 N–H and O–H groups in total. The smallest absolute Gasteiger partial charge is 0.357 e. The van der Waals surface area contributed by atoms with E-state index in [1.165, 1.54) is 17.7 Å². The summed E-state index contributed by atoms with van der Waals surface area (Å²) < 4.78 is 37.7. The summed E-state index contributed by atoms with van der Waals surface area (Å²) in [6.07, 6.45) is 0.423. The lowest BCUT2D eigenvalue weighted by molar-refractivity contribution is -0.162. The van der Waals surface area contributed by atoms with E-state index in [0.29, 0.717) is 39.1 Å². The molecule has 2 aliphatic rings. The number of H-pyrrole nitrogens is 1. The van der Waals surface area contributed by atoms with E-state index >= 15 is 0 Å². The Hall–Kier alpha value is -4.06. The topological polar surface area (TPSA) is 94.1 Å². The van der Waals surface area contributed by atoms with Crippen molar-refractivity contribution < 1.29 is 18.0 Å². The Kier molecular flexibility index (Phi) is 7.57. The molecule has 0 aliphatic carbocycles. The van der Waals surface area contributed by atoms with Crippen molar-refractivity contribution in [1.29, 1.82) is 0 Å². The number of nitrogens with zero attached hydrogens (tertiary/aromatic N) is 7. The molecule has 2 fully saturated rings. The van der Waals surface area contributed by atoms with E-state index in [1.54, 1.807) is 12.5 Å². The van der Waals surface area contributed by atoms with Crippen molar-refractivity contribution in [1.82, 2.24) is 34.7 Å². The van der Waals surface area contributed by atoms with Gasteiger partial charge in [0, 0.05) is 75.8 Å². The molecular weight excluding hydrogens is 533 g/mol. The van der Waals surface area contributed by atoms with Crippen LogP contribution in [0.5, 0.6) is 0 Å². The molecule has 214 valence electrons. The number of halogens is 3. The van der Waals surface area contributed by atoms with Crippen LogP contribution >= 0.6 is 0 Å². The van der Waals surface area contributed by atoms with Crippen LogP contribution in [0.15, 0.2) is 48.9 Å². The molecule has 0 atom stereocenters. The van der Waals surface area contributed by atoms with Gasteiger partial charge in [0.2, 0.25) is 5.91 Å².